The van der Waals surface area contributed by atoms with Crippen LogP contribution in [0.15, 0.2) is 51.8 Å². The van der Waals surface area contributed by atoms with Crippen LogP contribution in [0.1, 0.15) is 56.7 Å². The number of esters is 1. The SMILES string of the molecule is CC(C)(C)C(=O)Oc1ccc2c(c1)SCCC(Br)=C2c1ccc(CC2CCN(CCCF)C2)cc1. The summed E-state index contributed by atoms with van der Waals surface area (Å²) in [6.07, 6.45) is 3.86. The molecular weight excluding hydrogens is 525 g/mol. The Labute approximate surface area is 221 Å². The Kier molecular flexibility index (Phi) is 8.77. The quantitative estimate of drug-likeness (QED) is 0.259. The molecule has 1 atom stereocenters. The minimum absolute atomic E-state index is 0.223. The largest absolute Gasteiger partial charge is 0.426 e. The van der Waals surface area contributed by atoms with Gasteiger partial charge in [0.2, 0.25) is 0 Å². The fourth-order valence-electron chi connectivity index (χ4n) is 4.69. The van der Waals surface area contributed by atoms with Gasteiger partial charge in [0.15, 0.2) is 0 Å². The second-order valence-electron chi connectivity index (χ2n) is 10.6. The number of benzene rings is 2. The van der Waals surface area contributed by atoms with Crippen molar-refractivity contribution in [2.45, 2.75) is 51.3 Å². The van der Waals surface area contributed by atoms with E-state index in [4.69, 9.17) is 4.74 Å². The zero-order valence-corrected chi connectivity index (χ0v) is 23.3. The van der Waals surface area contributed by atoms with E-state index in [1.807, 2.05) is 32.9 Å². The first kappa shape index (κ1) is 26.4. The second kappa shape index (κ2) is 11.6. The van der Waals surface area contributed by atoms with Gasteiger partial charge in [-0.25, -0.2) is 0 Å². The monoisotopic (exact) mass is 559 g/mol. The molecular formula is C29H35BrFNO2S. The lowest BCUT2D eigenvalue weighted by atomic mass is 9.93. The number of nitrogens with zero attached hydrogens (tertiary/aromatic N) is 1. The molecule has 0 spiro atoms. The molecule has 0 aliphatic carbocycles. The van der Waals surface area contributed by atoms with Crippen LogP contribution in [0.3, 0.4) is 0 Å². The molecule has 6 heteroatoms. The number of likely N-dealkylation sites (tertiary alicyclic amines) is 1. The van der Waals surface area contributed by atoms with Crippen LogP contribution in [0.2, 0.25) is 0 Å². The molecule has 35 heavy (non-hydrogen) atoms. The van der Waals surface area contributed by atoms with E-state index < -0.39 is 5.41 Å². The van der Waals surface area contributed by atoms with E-state index in [1.54, 1.807) is 11.8 Å². The number of carbonyl (C=O) groups is 1. The van der Waals surface area contributed by atoms with Gasteiger partial charge in [-0.1, -0.05) is 40.2 Å². The van der Waals surface area contributed by atoms with Crippen LogP contribution in [0.5, 0.6) is 5.75 Å². The fraction of sp³-hybridized carbons (Fsp3) is 0.483. The van der Waals surface area contributed by atoms with Gasteiger partial charge in [0, 0.05) is 33.8 Å². The van der Waals surface area contributed by atoms with Crippen LogP contribution < -0.4 is 4.74 Å². The van der Waals surface area contributed by atoms with E-state index >= 15 is 0 Å². The van der Waals surface area contributed by atoms with Crippen molar-refractivity contribution >= 4 is 39.2 Å². The standard InChI is InChI=1S/C29H35BrFNO2S/c1-29(2,3)28(33)34-23-9-10-24-26(18-23)35-16-12-25(30)27(24)22-7-5-20(6-8-22)17-21-11-15-32(19-21)14-4-13-31/h5-10,18,21H,4,11-17,19H2,1-3H3. The van der Waals surface area contributed by atoms with E-state index in [0.29, 0.717) is 18.1 Å². The number of ether oxygens (including phenoxy) is 1. The summed E-state index contributed by atoms with van der Waals surface area (Å²) in [4.78, 5) is 15.9. The van der Waals surface area contributed by atoms with E-state index in [2.05, 4.69) is 51.2 Å². The number of rotatable bonds is 7. The normalized spacial score (nSPS) is 18.9. The van der Waals surface area contributed by atoms with Crippen LogP contribution in [0.25, 0.3) is 5.57 Å². The molecule has 1 saturated heterocycles. The third-order valence-electron chi connectivity index (χ3n) is 6.64. The zero-order chi connectivity index (χ0) is 25.0. The average molecular weight is 561 g/mol. The molecule has 2 aliphatic rings. The van der Waals surface area contributed by atoms with Crippen molar-refractivity contribution in [2.75, 3.05) is 32.1 Å². The lowest BCUT2D eigenvalue weighted by Gasteiger charge is -2.18. The zero-order valence-electron chi connectivity index (χ0n) is 20.9. The predicted octanol–water partition coefficient (Wildman–Crippen LogP) is 7.51. The third-order valence-corrected chi connectivity index (χ3v) is 8.49. The lowest BCUT2D eigenvalue weighted by molar-refractivity contribution is -0.143. The van der Waals surface area contributed by atoms with Crippen molar-refractivity contribution in [1.82, 2.24) is 4.90 Å². The molecule has 2 aromatic rings. The van der Waals surface area contributed by atoms with Crippen molar-refractivity contribution in [3.05, 3.63) is 63.6 Å². The Morgan fingerprint density at radius 1 is 1.20 bits per heavy atom. The number of halogens is 2. The summed E-state index contributed by atoms with van der Waals surface area (Å²) in [6.45, 7) is 8.41. The maximum atomic E-state index is 12.5. The molecule has 0 N–H and O–H groups in total. The molecule has 0 radical (unpaired) electrons. The number of allylic oxidation sites excluding steroid dienone is 1. The number of thioether (sulfide) groups is 1. The lowest BCUT2D eigenvalue weighted by Crippen LogP contribution is -2.25. The van der Waals surface area contributed by atoms with Crippen LogP contribution in [0, 0.1) is 11.3 Å². The molecule has 0 amide bonds. The second-order valence-corrected chi connectivity index (χ2v) is 12.7. The molecule has 188 valence electrons. The minimum atomic E-state index is -0.541. The van der Waals surface area contributed by atoms with Crippen molar-refractivity contribution in [3.8, 4) is 5.75 Å². The average Bonchev–Trinajstić information content (AvgIpc) is 3.19. The highest BCUT2D eigenvalue weighted by Crippen LogP contribution is 2.42. The number of hydrogen-bond donors (Lipinski definition) is 0. The predicted molar refractivity (Wildman–Crippen MR) is 147 cm³/mol. The van der Waals surface area contributed by atoms with E-state index in [0.717, 1.165) is 43.1 Å². The molecule has 2 aliphatic heterocycles. The summed E-state index contributed by atoms with van der Waals surface area (Å²) in [5.74, 6) is 1.99. The summed E-state index contributed by atoms with van der Waals surface area (Å²) in [5, 5.41) is 0. The maximum Gasteiger partial charge on any atom is 0.316 e. The first-order valence-electron chi connectivity index (χ1n) is 12.5. The van der Waals surface area contributed by atoms with Gasteiger partial charge < -0.3 is 9.64 Å². The van der Waals surface area contributed by atoms with Crippen LogP contribution in [-0.2, 0) is 11.2 Å². The number of carbonyl (C=O) groups excluding carboxylic acids is 1. The highest BCUT2D eigenvalue weighted by molar-refractivity contribution is 9.11. The number of fused-ring (bicyclic) bond motifs is 1. The molecule has 0 saturated carbocycles. The van der Waals surface area contributed by atoms with Gasteiger partial charge in [0.05, 0.1) is 12.1 Å². The topological polar surface area (TPSA) is 29.5 Å². The molecule has 1 unspecified atom stereocenters. The molecule has 0 aromatic heterocycles. The van der Waals surface area contributed by atoms with Gasteiger partial charge in [-0.3, -0.25) is 9.18 Å². The molecule has 0 bridgehead atoms. The molecule has 1 fully saturated rings. The van der Waals surface area contributed by atoms with Crippen molar-refractivity contribution < 1.29 is 13.9 Å². The maximum absolute atomic E-state index is 12.5. The molecule has 2 heterocycles. The van der Waals surface area contributed by atoms with Gasteiger partial charge in [-0.2, -0.15) is 0 Å². The highest BCUT2D eigenvalue weighted by Gasteiger charge is 2.25. The van der Waals surface area contributed by atoms with Gasteiger partial charge in [0.25, 0.3) is 0 Å². The van der Waals surface area contributed by atoms with Crippen LogP contribution >= 0.6 is 27.7 Å². The fourth-order valence-corrected chi connectivity index (χ4v) is 6.65. The Balaban J connectivity index is 1.50. The molecule has 4 rings (SSSR count). The third kappa shape index (κ3) is 6.78. The van der Waals surface area contributed by atoms with E-state index in [9.17, 15) is 9.18 Å². The van der Waals surface area contributed by atoms with Gasteiger partial charge >= 0.3 is 5.97 Å². The Morgan fingerprint density at radius 2 is 1.97 bits per heavy atom. The van der Waals surface area contributed by atoms with Crippen molar-refractivity contribution in [2.24, 2.45) is 11.3 Å². The van der Waals surface area contributed by atoms with Gasteiger partial charge in [-0.05, 0) is 93.8 Å². The first-order valence-corrected chi connectivity index (χ1v) is 14.3. The van der Waals surface area contributed by atoms with Crippen LogP contribution in [-0.4, -0.2) is 42.9 Å². The first-order chi connectivity index (χ1) is 16.7. The van der Waals surface area contributed by atoms with Gasteiger partial charge in [-0.15, -0.1) is 11.8 Å². The molecule has 2 aromatic carbocycles. The molecule has 3 nitrogen and oxygen atoms in total. The Morgan fingerprint density at radius 3 is 2.69 bits per heavy atom. The highest BCUT2D eigenvalue weighted by atomic mass is 79.9. The van der Waals surface area contributed by atoms with Crippen molar-refractivity contribution in [1.29, 1.82) is 0 Å². The van der Waals surface area contributed by atoms with Gasteiger partial charge in [0.1, 0.15) is 5.75 Å². The number of alkyl halides is 1. The van der Waals surface area contributed by atoms with E-state index in [1.165, 1.54) is 33.2 Å². The minimum Gasteiger partial charge on any atom is -0.426 e. The summed E-state index contributed by atoms with van der Waals surface area (Å²) in [5.41, 5.74) is 4.39. The summed E-state index contributed by atoms with van der Waals surface area (Å²) < 4.78 is 19.3. The summed E-state index contributed by atoms with van der Waals surface area (Å²) in [7, 11) is 0. The van der Waals surface area contributed by atoms with Crippen molar-refractivity contribution in [3.63, 3.8) is 0 Å². The van der Waals surface area contributed by atoms with E-state index in [-0.39, 0.29) is 12.6 Å². The summed E-state index contributed by atoms with van der Waals surface area (Å²) in [6, 6.07) is 14.9. The van der Waals surface area contributed by atoms with Crippen LogP contribution in [0.4, 0.5) is 4.39 Å². The summed E-state index contributed by atoms with van der Waals surface area (Å²) >= 11 is 5.66. The Bertz CT molecular complexity index is 1080. The Hall–Kier alpha value is -1.63. The smallest absolute Gasteiger partial charge is 0.316 e. The number of hydrogen-bond acceptors (Lipinski definition) is 4.